The first-order valence-electron chi connectivity index (χ1n) is 6.67. The zero-order valence-electron chi connectivity index (χ0n) is 12.3. The topological polar surface area (TPSA) is 21.3 Å². The van der Waals surface area contributed by atoms with Crippen LogP contribution in [0.3, 0.4) is 0 Å². The summed E-state index contributed by atoms with van der Waals surface area (Å²) >= 11 is 0. The van der Waals surface area contributed by atoms with Crippen LogP contribution in [-0.2, 0) is 10.9 Å². The van der Waals surface area contributed by atoms with Crippen LogP contribution in [0.5, 0.6) is 0 Å². The van der Waals surface area contributed by atoms with Gasteiger partial charge in [0, 0.05) is 13.2 Å². The molecule has 0 spiro atoms. The van der Waals surface area contributed by atoms with Gasteiger partial charge in [-0.1, -0.05) is 6.07 Å². The summed E-state index contributed by atoms with van der Waals surface area (Å²) in [5.74, 6) is 0. The van der Waals surface area contributed by atoms with E-state index in [1.807, 2.05) is 14.0 Å². The van der Waals surface area contributed by atoms with Crippen LogP contribution in [-0.4, -0.2) is 20.3 Å². The molecule has 2 nitrogen and oxygen atoms in total. The van der Waals surface area contributed by atoms with Gasteiger partial charge in [0.1, 0.15) is 0 Å². The van der Waals surface area contributed by atoms with Crippen LogP contribution in [0.1, 0.15) is 42.5 Å². The van der Waals surface area contributed by atoms with Crippen LogP contribution in [0.15, 0.2) is 18.2 Å². The number of alkyl halides is 3. The molecule has 0 saturated heterocycles. The molecule has 2 atom stereocenters. The minimum atomic E-state index is -4.29. The number of halogens is 3. The van der Waals surface area contributed by atoms with Crippen LogP contribution >= 0.6 is 0 Å². The van der Waals surface area contributed by atoms with E-state index in [1.165, 1.54) is 6.07 Å². The van der Waals surface area contributed by atoms with E-state index < -0.39 is 11.7 Å². The molecule has 0 heterocycles. The van der Waals surface area contributed by atoms with Crippen molar-refractivity contribution < 1.29 is 17.9 Å². The highest BCUT2D eigenvalue weighted by atomic mass is 19.4. The summed E-state index contributed by atoms with van der Waals surface area (Å²) in [4.78, 5) is 0. The highest BCUT2D eigenvalue weighted by molar-refractivity contribution is 5.34. The third kappa shape index (κ3) is 4.49. The first kappa shape index (κ1) is 17.0. The molecule has 0 radical (unpaired) electrons. The second kappa shape index (κ2) is 7.09. The van der Waals surface area contributed by atoms with E-state index >= 15 is 0 Å². The van der Waals surface area contributed by atoms with Crippen LogP contribution in [0.4, 0.5) is 13.2 Å². The van der Waals surface area contributed by atoms with Gasteiger partial charge in [-0.25, -0.2) is 0 Å². The molecule has 1 rings (SSSR count). The van der Waals surface area contributed by atoms with E-state index in [-0.39, 0.29) is 12.1 Å². The van der Waals surface area contributed by atoms with Crippen molar-refractivity contribution in [2.75, 3.05) is 14.2 Å². The van der Waals surface area contributed by atoms with Crippen molar-refractivity contribution in [2.24, 2.45) is 0 Å². The lowest BCUT2D eigenvalue weighted by Crippen LogP contribution is -2.20. The van der Waals surface area contributed by atoms with Gasteiger partial charge in [0.2, 0.25) is 0 Å². The summed E-state index contributed by atoms with van der Waals surface area (Å²) in [5, 5.41) is 3.16. The molecule has 0 aromatic heterocycles. The van der Waals surface area contributed by atoms with E-state index in [1.54, 1.807) is 20.1 Å². The van der Waals surface area contributed by atoms with Crippen molar-refractivity contribution in [1.29, 1.82) is 0 Å². The van der Waals surface area contributed by atoms with Crippen molar-refractivity contribution in [3.05, 3.63) is 34.9 Å². The molecule has 0 fully saturated rings. The molecular weight excluding hydrogens is 267 g/mol. The van der Waals surface area contributed by atoms with Crippen LogP contribution in [0.2, 0.25) is 0 Å². The zero-order chi connectivity index (χ0) is 15.3. The molecule has 1 aromatic rings. The summed E-state index contributed by atoms with van der Waals surface area (Å²) in [5.41, 5.74) is 0.965. The molecule has 0 amide bonds. The summed E-state index contributed by atoms with van der Waals surface area (Å²) in [6, 6.07) is 3.96. The van der Waals surface area contributed by atoms with Crippen LogP contribution in [0.25, 0.3) is 0 Å². The first-order chi connectivity index (χ1) is 9.29. The van der Waals surface area contributed by atoms with Gasteiger partial charge in [-0.15, -0.1) is 0 Å². The maximum Gasteiger partial charge on any atom is 0.416 e. The molecule has 0 aliphatic carbocycles. The number of ether oxygens (including phenoxy) is 1. The number of hydrogen-bond acceptors (Lipinski definition) is 2. The lowest BCUT2D eigenvalue weighted by Gasteiger charge is -2.21. The number of rotatable bonds is 6. The summed E-state index contributed by atoms with van der Waals surface area (Å²) in [6.07, 6.45) is -2.48. The molecule has 0 saturated carbocycles. The van der Waals surface area contributed by atoms with Crippen molar-refractivity contribution in [3.63, 3.8) is 0 Å². The monoisotopic (exact) mass is 289 g/mol. The third-order valence-corrected chi connectivity index (χ3v) is 3.59. The zero-order valence-corrected chi connectivity index (χ0v) is 12.3. The maximum absolute atomic E-state index is 12.7. The Labute approximate surface area is 118 Å². The summed E-state index contributed by atoms with van der Waals surface area (Å²) in [6.45, 7) is 3.70. The second-order valence-corrected chi connectivity index (χ2v) is 5.03. The lowest BCUT2D eigenvalue weighted by atomic mass is 9.95. The summed E-state index contributed by atoms with van der Waals surface area (Å²) < 4.78 is 43.1. The minimum absolute atomic E-state index is 0.0369. The molecule has 0 aliphatic heterocycles. The standard InChI is InChI=1S/C15H22F3NO/c1-10-9-12(15(16,17)18)6-7-13(10)14(19-3)8-5-11(2)20-4/h6-7,9,11,14,19H,5,8H2,1-4H3. The molecule has 2 unspecified atom stereocenters. The van der Waals surface area contributed by atoms with Gasteiger partial charge < -0.3 is 10.1 Å². The number of methoxy groups -OCH3 is 1. The van der Waals surface area contributed by atoms with Gasteiger partial charge in [0.25, 0.3) is 0 Å². The highest BCUT2D eigenvalue weighted by Gasteiger charge is 2.31. The van der Waals surface area contributed by atoms with Crippen LogP contribution < -0.4 is 5.32 Å². The second-order valence-electron chi connectivity index (χ2n) is 5.03. The number of aryl methyl sites for hydroxylation is 1. The molecule has 0 aliphatic rings. The van der Waals surface area contributed by atoms with E-state index in [4.69, 9.17) is 4.74 Å². The maximum atomic E-state index is 12.7. The van der Waals surface area contributed by atoms with Crippen molar-refractivity contribution in [1.82, 2.24) is 5.32 Å². The molecule has 20 heavy (non-hydrogen) atoms. The quantitative estimate of drug-likeness (QED) is 0.851. The number of nitrogens with one attached hydrogen (secondary N) is 1. The number of hydrogen-bond donors (Lipinski definition) is 1. The fraction of sp³-hybridized carbons (Fsp3) is 0.600. The average molecular weight is 289 g/mol. The Bertz CT molecular complexity index is 432. The SMILES string of the molecule is CNC(CCC(C)OC)c1ccc(C(F)(F)F)cc1C. The Morgan fingerprint density at radius 2 is 1.90 bits per heavy atom. The largest absolute Gasteiger partial charge is 0.416 e. The predicted octanol–water partition coefficient (Wildman–Crippen LogP) is 4.09. The third-order valence-electron chi connectivity index (χ3n) is 3.59. The Kier molecular flexibility index (Phi) is 6.02. The first-order valence-corrected chi connectivity index (χ1v) is 6.67. The predicted molar refractivity (Wildman–Crippen MR) is 73.7 cm³/mol. The van der Waals surface area contributed by atoms with Crippen molar-refractivity contribution in [3.8, 4) is 0 Å². The van der Waals surface area contributed by atoms with Crippen LogP contribution in [0, 0.1) is 6.92 Å². The van der Waals surface area contributed by atoms with E-state index in [0.717, 1.165) is 24.5 Å². The van der Waals surface area contributed by atoms with E-state index in [0.29, 0.717) is 5.56 Å². The fourth-order valence-corrected chi connectivity index (χ4v) is 2.22. The Balaban J connectivity index is 2.88. The summed E-state index contributed by atoms with van der Waals surface area (Å²) in [7, 11) is 3.47. The minimum Gasteiger partial charge on any atom is -0.382 e. The molecule has 1 N–H and O–H groups in total. The van der Waals surface area contributed by atoms with Gasteiger partial charge in [0.15, 0.2) is 0 Å². The van der Waals surface area contributed by atoms with E-state index in [2.05, 4.69) is 5.32 Å². The Morgan fingerprint density at radius 3 is 2.35 bits per heavy atom. The normalized spacial score (nSPS) is 15.2. The highest BCUT2D eigenvalue weighted by Crippen LogP contribution is 2.32. The molecular formula is C15H22F3NO. The lowest BCUT2D eigenvalue weighted by molar-refractivity contribution is -0.137. The molecule has 0 bridgehead atoms. The van der Waals surface area contributed by atoms with Gasteiger partial charge in [-0.3, -0.25) is 0 Å². The molecule has 5 heteroatoms. The molecule has 1 aromatic carbocycles. The Hall–Kier alpha value is -1.07. The van der Waals surface area contributed by atoms with Gasteiger partial charge in [0.05, 0.1) is 11.7 Å². The van der Waals surface area contributed by atoms with Crippen molar-refractivity contribution >= 4 is 0 Å². The fourth-order valence-electron chi connectivity index (χ4n) is 2.22. The Morgan fingerprint density at radius 1 is 1.25 bits per heavy atom. The van der Waals surface area contributed by atoms with E-state index in [9.17, 15) is 13.2 Å². The van der Waals surface area contributed by atoms with Gasteiger partial charge in [-0.05, 0) is 57.0 Å². The van der Waals surface area contributed by atoms with Crippen molar-refractivity contribution in [2.45, 2.75) is 45.0 Å². The smallest absolute Gasteiger partial charge is 0.382 e. The van der Waals surface area contributed by atoms with Gasteiger partial charge in [-0.2, -0.15) is 13.2 Å². The molecule has 114 valence electrons. The van der Waals surface area contributed by atoms with Gasteiger partial charge >= 0.3 is 6.18 Å². The number of benzene rings is 1. The average Bonchev–Trinajstić information content (AvgIpc) is 2.39.